The van der Waals surface area contributed by atoms with Crippen molar-refractivity contribution < 1.29 is 9.90 Å². The van der Waals surface area contributed by atoms with Crippen LogP contribution in [0, 0.1) is 5.92 Å². The van der Waals surface area contributed by atoms with Crippen molar-refractivity contribution in [3.63, 3.8) is 0 Å². The van der Waals surface area contributed by atoms with E-state index in [1.165, 1.54) is 6.20 Å². The van der Waals surface area contributed by atoms with Crippen LogP contribution in [0.4, 0.5) is 0 Å². The molecule has 0 saturated carbocycles. The van der Waals surface area contributed by atoms with Crippen LogP contribution in [0.15, 0.2) is 42.7 Å². The first-order valence-corrected chi connectivity index (χ1v) is 6.81. The first-order valence-electron chi connectivity index (χ1n) is 6.43. The Bertz CT molecular complexity index is 608. The molecular formula is C16H16ClNO2. The molecule has 1 atom stereocenters. The maximum Gasteiger partial charge on any atom is 0.337 e. The molecule has 0 fully saturated rings. The predicted octanol–water partition coefficient (Wildman–Crippen LogP) is 4.22. The molecule has 0 bridgehead atoms. The van der Waals surface area contributed by atoms with Crippen molar-refractivity contribution in [2.45, 2.75) is 19.8 Å². The lowest BCUT2D eigenvalue weighted by Crippen LogP contribution is -2.14. The number of carbonyl (C=O) groups is 1. The minimum Gasteiger partial charge on any atom is -0.478 e. The van der Waals surface area contributed by atoms with Crippen molar-refractivity contribution >= 4 is 17.6 Å². The van der Waals surface area contributed by atoms with E-state index in [2.05, 4.69) is 18.8 Å². The number of aromatic nitrogens is 1. The molecule has 0 aliphatic heterocycles. The summed E-state index contributed by atoms with van der Waals surface area (Å²) < 4.78 is 0. The predicted molar refractivity (Wildman–Crippen MR) is 79.3 cm³/mol. The van der Waals surface area contributed by atoms with Gasteiger partial charge in [0, 0.05) is 23.3 Å². The van der Waals surface area contributed by atoms with Gasteiger partial charge in [0.15, 0.2) is 0 Å². The summed E-state index contributed by atoms with van der Waals surface area (Å²) in [5.74, 6) is -0.689. The summed E-state index contributed by atoms with van der Waals surface area (Å²) in [6.45, 7) is 4.15. The summed E-state index contributed by atoms with van der Waals surface area (Å²) in [6.07, 6.45) is 3.04. The van der Waals surface area contributed by atoms with Crippen LogP contribution < -0.4 is 0 Å². The molecule has 2 rings (SSSR count). The van der Waals surface area contributed by atoms with Gasteiger partial charge in [0.25, 0.3) is 0 Å². The third kappa shape index (κ3) is 2.99. The average Bonchev–Trinajstić information content (AvgIpc) is 2.41. The van der Waals surface area contributed by atoms with Crippen molar-refractivity contribution in [3.05, 3.63) is 64.4 Å². The normalized spacial score (nSPS) is 12.4. The highest BCUT2D eigenvalue weighted by molar-refractivity contribution is 6.30. The van der Waals surface area contributed by atoms with Crippen LogP contribution >= 0.6 is 11.6 Å². The Kier molecular flexibility index (Phi) is 4.40. The number of hydrogen-bond acceptors (Lipinski definition) is 2. The zero-order chi connectivity index (χ0) is 14.7. The van der Waals surface area contributed by atoms with Gasteiger partial charge in [-0.15, -0.1) is 0 Å². The molecule has 3 nitrogen and oxygen atoms in total. The van der Waals surface area contributed by atoms with E-state index in [1.807, 2.05) is 24.3 Å². The fourth-order valence-electron chi connectivity index (χ4n) is 2.45. The lowest BCUT2D eigenvalue weighted by atomic mass is 9.81. The Morgan fingerprint density at radius 2 is 1.85 bits per heavy atom. The van der Waals surface area contributed by atoms with E-state index in [-0.39, 0.29) is 17.4 Å². The van der Waals surface area contributed by atoms with Crippen LogP contribution in [-0.2, 0) is 0 Å². The Labute approximate surface area is 123 Å². The molecule has 1 unspecified atom stereocenters. The fraction of sp³-hybridized carbons (Fsp3) is 0.250. The van der Waals surface area contributed by atoms with Crippen LogP contribution in [0.3, 0.4) is 0 Å². The Morgan fingerprint density at radius 1 is 1.20 bits per heavy atom. The van der Waals surface area contributed by atoms with Crippen LogP contribution in [0.5, 0.6) is 0 Å². The topological polar surface area (TPSA) is 50.2 Å². The minimum atomic E-state index is -0.951. The number of carboxylic acid groups (broad SMARTS) is 1. The number of benzene rings is 1. The van der Waals surface area contributed by atoms with Gasteiger partial charge in [0.1, 0.15) is 0 Å². The molecule has 20 heavy (non-hydrogen) atoms. The van der Waals surface area contributed by atoms with Crippen molar-refractivity contribution in [1.29, 1.82) is 0 Å². The van der Waals surface area contributed by atoms with Crippen LogP contribution in [-0.4, -0.2) is 16.1 Å². The molecule has 4 heteroatoms. The second kappa shape index (κ2) is 6.06. The van der Waals surface area contributed by atoms with Gasteiger partial charge in [-0.3, -0.25) is 4.98 Å². The van der Waals surface area contributed by atoms with Crippen LogP contribution in [0.2, 0.25) is 5.02 Å². The molecule has 1 heterocycles. The van der Waals surface area contributed by atoms with E-state index < -0.39 is 5.97 Å². The Hall–Kier alpha value is -1.87. The van der Waals surface area contributed by atoms with Crippen LogP contribution in [0.25, 0.3) is 0 Å². The van der Waals surface area contributed by atoms with Gasteiger partial charge in [0.05, 0.1) is 5.56 Å². The second-order valence-electron chi connectivity index (χ2n) is 5.04. The summed E-state index contributed by atoms with van der Waals surface area (Å²) in [7, 11) is 0. The van der Waals surface area contributed by atoms with E-state index in [1.54, 1.807) is 12.3 Å². The molecule has 0 amide bonds. The highest BCUT2D eigenvalue weighted by Gasteiger charge is 2.23. The van der Waals surface area contributed by atoms with Gasteiger partial charge < -0.3 is 5.11 Å². The average molecular weight is 290 g/mol. The Balaban J connectivity index is 2.54. The van der Waals surface area contributed by atoms with Gasteiger partial charge in [0.2, 0.25) is 0 Å². The zero-order valence-corrected chi connectivity index (χ0v) is 12.1. The summed E-state index contributed by atoms with van der Waals surface area (Å²) in [5, 5.41) is 10.00. The number of carboxylic acids is 1. The molecule has 2 aromatic rings. The van der Waals surface area contributed by atoms with Gasteiger partial charge in [-0.2, -0.15) is 0 Å². The van der Waals surface area contributed by atoms with Crippen molar-refractivity contribution in [2.75, 3.05) is 0 Å². The first kappa shape index (κ1) is 14.5. The largest absolute Gasteiger partial charge is 0.478 e. The summed E-state index contributed by atoms with van der Waals surface area (Å²) >= 11 is 5.92. The molecule has 0 saturated heterocycles. The number of rotatable bonds is 4. The minimum absolute atomic E-state index is 0.00127. The molecule has 1 aromatic heterocycles. The molecule has 0 spiro atoms. The van der Waals surface area contributed by atoms with E-state index >= 15 is 0 Å². The maximum atomic E-state index is 11.4. The quantitative estimate of drug-likeness (QED) is 0.917. The van der Waals surface area contributed by atoms with E-state index in [9.17, 15) is 9.90 Å². The standard InChI is InChI=1S/C16H16ClNO2/c1-10(2)15(11-3-5-12(17)6-4-11)13-7-8-18-9-14(13)16(19)20/h3-10,15H,1-2H3,(H,19,20). The molecule has 1 aromatic carbocycles. The van der Waals surface area contributed by atoms with Gasteiger partial charge in [-0.1, -0.05) is 37.6 Å². The zero-order valence-electron chi connectivity index (χ0n) is 11.4. The maximum absolute atomic E-state index is 11.4. The third-order valence-corrected chi connectivity index (χ3v) is 3.57. The SMILES string of the molecule is CC(C)C(c1ccc(Cl)cc1)c1ccncc1C(=O)O. The first-order chi connectivity index (χ1) is 9.50. The second-order valence-corrected chi connectivity index (χ2v) is 5.48. The highest BCUT2D eigenvalue weighted by Crippen LogP contribution is 2.34. The summed E-state index contributed by atoms with van der Waals surface area (Å²) in [6, 6.07) is 9.32. The lowest BCUT2D eigenvalue weighted by molar-refractivity contribution is 0.0694. The van der Waals surface area contributed by atoms with Gasteiger partial charge >= 0.3 is 5.97 Å². The smallest absolute Gasteiger partial charge is 0.337 e. The van der Waals surface area contributed by atoms with E-state index in [4.69, 9.17) is 11.6 Å². The van der Waals surface area contributed by atoms with Crippen molar-refractivity contribution in [3.8, 4) is 0 Å². The van der Waals surface area contributed by atoms with Crippen molar-refractivity contribution in [1.82, 2.24) is 4.98 Å². The number of aromatic carboxylic acids is 1. The number of hydrogen-bond donors (Lipinski definition) is 1. The van der Waals surface area contributed by atoms with E-state index in [0.29, 0.717) is 5.02 Å². The molecule has 1 N–H and O–H groups in total. The van der Waals surface area contributed by atoms with E-state index in [0.717, 1.165) is 11.1 Å². The molecule has 0 aliphatic rings. The molecule has 104 valence electrons. The van der Waals surface area contributed by atoms with Gasteiger partial charge in [-0.05, 0) is 35.2 Å². The summed E-state index contributed by atoms with van der Waals surface area (Å²) in [4.78, 5) is 15.3. The fourth-order valence-corrected chi connectivity index (χ4v) is 2.57. The molecule has 0 aliphatic carbocycles. The lowest BCUT2D eigenvalue weighted by Gasteiger charge is -2.23. The van der Waals surface area contributed by atoms with Crippen molar-refractivity contribution in [2.24, 2.45) is 5.92 Å². The molecule has 0 radical (unpaired) electrons. The highest BCUT2D eigenvalue weighted by atomic mass is 35.5. The number of pyridine rings is 1. The summed E-state index contributed by atoms with van der Waals surface area (Å²) in [5.41, 5.74) is 2.09. The van der Waals surface area contributed by atoms with Crippen LogP contribution in [0.1, 0.15) is 41.3 Å². The monoisotopic (exact) mass is 289 g/mol. The number of halogens is 1. The Morgan fingerprint density at radius 3 is 2.40 bits per heavy atom. The number of nitrogens with zero attached hydrogens (tertiary/aromatic N) is 1. The van der Waals surface area contributed by atoms with Gasteiger partial charge in [-0.25, -0.2) is 4.79 Å². The molecular weight excluding hydrogens is 274 g/mol. The third-order valence-electron chi connectivity index (χ3n) is 3.32.